The molecule has 3 N–H and O–H groups in total. The van der Waals surface area contributed by atoms with Crippen LogP contribution in [0.3, 0.4) is 0 Å². The summed E-state index contributed by atoms with van der Waals surface area (Å²) in [5.41, 5.74) is 6.32. The Bertz CT molecular complexity index is 1850. The van der Waals surface area contributed by atoms with Crippen LogP contribution in [0.1, 0.15) is 61.9 Å². The molecule has 1 atom stereocenters. The molecule has 1 fully saturated rings. The van der Waals surface area contributed by atoms with E-state index < -0.39 is 0 Å². The summed E-state index contributed by atoms with van der Waals surface area (Å²) in [6.45, 7) is 10.1. The molecule has 0 saturated carbocycles. The van der Waals surface area contributed by atoms with Gasteiger partial charge < -0.3 is 15.2 Å². The fourth-order valence-electron chi connectivity index (χ4n) is 6.60. The number of nitrogens with zero attached hydrogens (tertiary/aromatic N) is 3. The maximum Gasteiger partial charge on any atom is 0.324 e. The van der Waals surface area contributed by atoms with Gasteiger partial charge in [-0.1, -0.05) is 74.9 Å². The van der Waals surface area contributed by atoms with E-state index in [1.54, 1.807) is 4.68 Å². The number of ketones is 1. The van der Waals surface area contributed by atoms with Gasteiger partial charge in [0.1, 0.15) is 11.6 Å². The van der Waals surface area contributed by atoms with Crippen molar-refractivity contribution < 1.29 is 9.59 Å². The van der Waals surface area contributed by atoms with Gasteiger partial charge in [0.25, 0.3) is 0 Å². The van der Waals surface area contributed by atoms with Gasteiger partial charge in [-0.2, -0.15) is 5.10 Å². The minimum atomic E-state index is -0.383. The molecule has 2 amide bonds. The molecule has 1 unspecified atom stereocenters. The molecular formula is C38H44N6O2. The number of urea groups is 1. The Balaban J connectivity index is 1.30. The second-order valence-electron chi connectivity index (χ2n) is 13.6. The number of para-hydroxylation sites is 2. The molecule has 1 aliphatic heterocycles. The molecule has 0 aliphatic carbocycles. The number of hydrogen-bond donors (Lipinski definition) is 3. The summed E-state index contributed by atoms with van der Waals surface area (Å²) in [6, 6.07) is 25.6. The van der Waals surface area contributed by atoms with E-state index in [-0.39, 0.29) is 29.1 Å². The number of hydrogen-bond acceptors (Lipinski definition) is 4. The van der Waals surface area contributed by atoms with Crippen molar-refractivity contribution in [3.05, 3.63) is 107 Å². The first kappa shape index (κ1) is 31.3. The van der Waals surface area contributed by atoms with Gasteiger partial charge in [-0.15, -0.1) is 0 Å². The van der Waals surface area contributed by atoms with Crippen LogP contribution in [0.5, 0.6) is 0 Å². The summed E-state index contributed by atoms with van der Waals surface area (Å²) in [7, 11) is 2.02. The number of piperidine rings is 1. The Morgan fingerprint density at radius 2 is 1.65 bits per heavy atom. The highest BCUT2D eigenvalue weighted by Crippen LogP contribution is 2.37. The Morgan fingerprint density at radius 3 is 2.39 bits per heavy atom. The van der Waals surface area contributed by atoms with E-state index in [1.807, 2.05) is 80.7 Å². The number of carbonyl (C=O) groups excluding carboxylic acids is 2. The highest BCUT2D eigenvalue weighted by molar-refractivity contribution is 6.01. The SMILES string of the molecule is Cc1ccc(-n2nc(C(C)(C)C)cc2NC(=O)Nc2ccccc2C(C(=O)Cc2cn(C)c3ccccc23)C2CCNCC2)cc1. The van der Waals surface area contributed by atoms with Crippen LogP contribution >= 0.6 is 0 Å². The molecule has 5 aromatic rings. The highest BCUT2D eigenvalue weighted by atomic mass is 16.2. The first-order valence-electron chi connectivity index (χ1n) is 16.2. The third-order valence-corrected chi connectivity index (χ3v) is 9.09. The number of fused-ring (bicyclic) bond motifs is 1. The quantitative estimate of drug-likeness (QED) is 0.168. The van der Waals surface area contributed by atoms with E-state index in [4.69, 9.17) is 5.10 Å². The van der Waals surface area contributed by atoms with Crippen LogP contribution in [0.15, 0.2) is 85.1 Å². The first-order valence-corrected chi connectivity index (χ1v) is 16.2. The van der Waals surface area contributed by atoms with Crippen molar-refractivity contribution in [2.75, 3.05) is 23.7 Å². The maximum atomic E-state index is 14.3. The lowest BCUT2D eigenvalue weighted by Gasteiger charge is -2.31. The fraction of sp³-hybridized carbons (Fsp3) is 0.342. The third-order valence-electron chi connectivity index (χ3n) is 9.09. The average molecular weight is 617 g/mol. The van der Waals surface area contributed by atoms with Gasteiger partial charge in [-0.25, -0.2) is 9.48 Å². The lowest BCUT2D eigenvalue weighted by molar-refractivity contribution is -0.121. The molecule has 1 aliphatic rings. The van der Waals surface area contributed by atoms with Crippen molar-refractivity contribution in [2.45, 2.75) is 58.3 Å². The van der Waals surface area contributed by atoms with Gasteiger partial charge in [-0.05, 0) is 74.2 Å². The van der Waals surface area contributed by atoms with Crippen LogP contribution in [0, 0.1) is 12.8 Å². The molecule has 0 bridgehead atoms. The fourth-order valence-corrected chi connectivity index (χ4v) is 6.60. The van der Waals surface area contributed by atoms with Crippen LogP contribution < -0.4 is 16.0 Å². The minimum Gasteiger partial charge on any atom is -0.350 e. The normalized spacial score (nSPS) is 14.7. The maximum absolute atomic E-state index is 14.3. The van der Waals surface area contributed by atoms with Crippen LogP contribution in [-0.2, 0) is 23.7 Å². The van der Waals surface area contributed by atoms with Gasteiger partial charge >= 0.3 is 6.03 Å². The molecule has 3 heterocycles. The van der Waals surface area contributed by atoms with Gasteiger partial charge in [-0.3, -0.25) is 10.1 Å². The Labute approximate surface area is 271 Å². The third kappa shape index (κ3) is 6.63. The standard InChI is InChI=1S/C38H44N6O2/c1-25-14-16-28(17-15-25)44-35(23-34(42-44)38(2,3)4)41-37(46)40-31-12-8-6-11-30(31)36(26-18-20-39-21-19-26)33(45)22-27-24-43(5)32-13-9-7-10-29(27)32/h6-17,23-24,26,36,39H,18-22H2,1-5H3,(H2,40,41,46). The summed E-state index contributed by atoms with van der Waals surface area (Å²) in [4.78, 5) is 28.0. The lowest BCUT2D eigenvalue weighted by Crippen LogP contribution is -2.34. The van der Waals surface area contributed by atoms with E-state index in [0.717, 1.165) is 64.9 Å². The summed E-state index contributed by atoms with van der Waals surface area (Å²) in [5.74, 6) is 0.575. The number of aromatic nitrogens is 3. The predicted octanol–water partition coefficient (Wildman–Crippen LogP) is 7.51. The number of nitrogens with one attached hydrogen (secondary N) is 3. The van der Waals surface area contributed by atoms with Crippen LogP contribution in [0.25, 0.3) is 16.6 Å². The summed E-state index contributed by atoms with van der Waals surface area (Å²) in [6.07, 6.45) is 4.21. The van der Waals surface area contributed by atoms with Crippen molar-refractivity contribution >= 4 is 34.2 Å². The van der Waals surface area contributed by atoms with Gasteiger partial charge in [0.2, 0.25) is 0 Å². The van der Waals surface area contributed by atoms with Crippen LogP contribution in [-0.4, -0.2) is 39.3 Å². The topological polar surface area (TPSA) is 93.0 Å². The molecule has 46 heavy (non-hydrogen) atoms. The van der Waals surface area contributed by atoms with E-state index >= 15 is 0 Å². The summed E-state index contributed by atoms with van der Waals surface area (Å²) >= 11 is 0. The van der Waals surface area contributed by atoms with Crippen LogP contribution in [0.2, 0.25) is 0 Å². The molecule has 2 aromatic heterocycles. The molecule has 6 rings (SSSR count). The smallest absolute Gasteiger partial charge is 0.324 e. The second-order valence-corrected chi connectivity index (χ2v) is 13.6. The van der Waals surface area contributed by atoms with Crippen molar-refractivity contribution in [1.29, 1.82) is 0 Å². The largest absolute Gasteiger partial charge is 0.350 e. The van der Waals surface area contributed by atoms with Gasteiger partial charge in [0, 0.05) is 53.7 Å². The minimum absolute atomic E-state index is 0.171. The van der Waals surface area contributed by atoms with Crippen molar-refractivity contribution in [3.63, 3.8) is 0 Å². The number of amides is 2. The van der Waals surface area contributed by atoms with Crippen molar-refractivity contribution in [1.82, 2.24) is 19.7 Å². The van der Waals surface area contributed by atoms with E-state index in [2.05, 4.69) is 59.6 Å². The first-order chi connectivity index (χ1) is 22.1. The Hall–Kier alpha value is -4.69. The highest BCUT2D eigenvalue weighted by Gasteiger charge is 2.33. The molecule has 0 spiro atoms. The second kappa shape index (κ2) is 13.0. The Kier molecular flexibility index (Phi) is 8.82. The molecule has 8 nitrogen and oxygen atoms in total. The van der Waals surface area contributed by atoms with E-state index in [0.29, 0.717) is 17.9 Å². The van der Waals surface area contributed by atoms with E-state index in [9.17, 15) is 9.59 Å². The molecular weight excluding hydrogens is 572 g/mol. The van der Waals surface area contributed by atoms with E-state index in [1.165, 1.54) is 0 Å². The number of aryl methyl sites for hydroxylation is 2. The zero-order chi connectivity index (χ0) is 32.4. The lowest BCUT2D eigenvalue weighted by atomic mass is 9.76. The number of rotatable bonds is 8. The molecule has 0 radical (unpaired) electrons. The number of carbonyl (C=O) groups is 2. The molecule has 3 aromatic carbocycles. The van der Waals surface area contributed by atoms with Crippen molar-refractivity contribution in [3.8, 4) is 5.69 Å². The average Bonchev–Trinajstić information content (AvgIpc) is 3.60. The number of benzene rings is 3. The monoisotopic (exact) mass is 616 g/mol. The number of Topliss-reactive ketones (excluding diaryl/α,β-unsaturated/α-hetero) is 1. The summed E-state index contributed by atoms with van der Waals surface area (Å²) < 4.78 is 3.86. The van der Waals surface area contributed by atoms with Gasteiger partial charge in [0.05, 0.1) is 11.4 Å². The Morgan fingerprint density at radius 1 is 0.957 bits per heavy atom. The summed E-state index contributed by atoms with van der Waals surface area (Å²) in [5, 5.41) is 15.6. The molecule has 238 valence electrons. The molecule has 8 heteroatoms. The zero-order valence-electron chi connectivity index (χ0n) is 27.4. The molecule has 1 saturated heterocycles. The zero-order valence-corrected chi connectivity index (χ0v) is 27.4. The van der Waals surface area contributed by atoms with Gasteiger partial charge in [0.15, 0.2) is 0 Å². The van der Waals surface area contributed by atoms with Crippen LogP contribution in [0.4, 0.5) is 16.3 Å². The van der Waals surface area contributed by atoms with Crippen molar-refractivity contribution in [2.24, 2.45) is 13.0 Å². The number of anilines is 2. The predicted molar refractivity (Wildman–Crippen MR) is 186 cm³/mol.